The Morgan fingerprint density at radius 3 is 3.06 bits per heavy atom. The van der Waals surface area contributed by atoms with Gasteiger partial charge in [-0.1, -0.05) is 0 Å². The molecule has 18 heavy (non-hydrogen) atoms. The zero-order valence-electron chi connectivity index (χ0n) is 10.6. The summed E-state index contributed by atoms with van der Waals surface area (Å²) in [5, 5.41) is 20.0. The van der Waals surface area contributed by atoms with Gasteiger partial charge in [-0.25, -0.2) is 0 Å². The van der Waals surface area contributed by atoms with Gasteiger partial charge in [0.2, 0.25) is 17.7 Å². The lowest BCUT2D eigenvalue weighted by atomic mass is 9.94. The van der Waals surface area contributed by atoms with E-state index in [0.717, 1.165) is 6.54 Å². The molecule has 0 aromatic carbocycles. The van der Waals surface area contributed by atoms with Gasteiger partial charge in [-0.3, -0.25) is 4.79 Å². The normalized spacial score (nSPS) is 25.1. The number of amides is 1. The summed E-state index contributed by atoms with van der Waals surface area (Å²) in [5.41, 5.74) is 0. The van der Waals surface area contributed by atoms with Crippen LogP contribution in [0.1, 0.15) is 18.2 Å². The van der Waals surface area contributed by atoms with Gasteiger partial charge in [-0.05, 0) is 13.5 Å². The van der Waals surface area contributed by atoms with Gasteiger partial charge in [0, 0.05) is 20.0 Å². The van der Waals surface area contributed by atoms with Crippen LogP contribution in [0.5, 0.6) is 0 Å². The number of likely N-dealkylation sites (tertiary alicyclic amines) is 1. The largest absolute Gasteiger partial charge is 0.424 e. The average molecular weight is 254 g/mol. The second-order valence-corrected chi connectivity index (χ2v) is 4.66. The Bertz CT molecular complexity index is 420. The summed E-state index contributed by atoms with van der Waals surface area (Å²) in [6.07, 6.45) is 0.0412. The van der Waals surface area contributed by atoms with E-state index in [4.69, 9.17) is 4.42 Å². The van der Waals surface area contributed by atoms with Crippen LogP contribution in [0.2, 0.25) is 0 Å². The van der Waals surface area contributed by atoms with Crippen LogP contribution in [0.25, 0.3) is 0 Å². The van der Waals surface area contributed by atoms with Gasteiger partial charge in [-0.15, -0.1) is 10.2 Å². The van der Waals surface area contributed by atoms with Crippen LogP contribution in [0, 0.1) is 12.8 Å². The molecule has 1 aromatic heterocycles. The van der Waals surface area contributed by atoms with Crippen molar-refractivity contribution in [1.29, 1.82) is 0 Å². The van der Waals surface area contributed by atoms with Gasteiger partial charge in [0.05, 0.1) is 18.6 Å². The maximum atomic E-state index is 11.9. The Balaban J connectivity index is 1.87. The number of aryl methyl sites for hydroxylation is 1. The van der Waals surface area contributed by atoms with E-state index in [-0.39, 0.29) is 12.5 Å². The van der Waals surface area contributed by atoms with Gasteiger partial charge in [0.1, 0.15) is 0 Å². The van der Waals surface area contributed by atoms with Crippen molar-refractivity contribution >= 4 is 5.91 Å². The third kappa shape index (κ3) is 3.05. The van der Waals surface area contributed by atoms with Crippen LogP contribution < -0.4 is 5.32 Å². The van der Waals surface area contributed by atoms with Gasteiger partial charge in [0.25, 0.3) is 0 Å². The highest BCUT2D eigenvalue weighted by Gasteiger charge is 2.31. The Morgan fingerprint density at radius 1 is 1.61 bits per heavy atom. The molecule has 1 fully saturated rings. The van der Waals surface area contributed by atoms with E-state index in [1.54, 1.807) is 6.92 Å². The quantitative estimate of drug-likeness (QED) is 0.741. The molecule has 0 bridgehead atoms. The summed E-state index contributed by atoms with van der Waals surface area (Å²) in [7, 11) is 1.94. The van der Waals surface area contributed by atoms with Crippen LogP contribution in [0.3, 0.4) is 0 Å². The first kappa shape index (κ1) is 13.0. The van der Waals surface area contributed by atoms with Crippen LogP contribution in [0.15, 0.2) is 4.42 Å². The summed E-state index contributed by atoms with van der Waals surface area (Å²) >= 11 is 0. The molecule has 100 valence electrons. The number of piperidine rings is 1. The first-order chi connectivity index (χ1) is 8.56. The Morgan fingerprint density at radius 2 is 2.39 bits per heavy atom. The monoisotopic (exact) mass is 254 g/mol. The number of rotatable bonds is 3. The fraction of sp³-hybridized carbons (Fsp3) is 0.727. The number of carbonyl (C=O) groups is 1. The Hall–Kier alpha value is -1.47. The molecule has 1 aliphatic rings. The minimum absolute atomic E-state index is 0.176. The van der Waals surface area contributed by atoms with E-state index >= 15 is 0 Å². The van der Waals surface area contributed by atoms with Gasteiger partial charge in [0.15, 0.2) is 0 Å². The number of carbonyl (C=O) groups excluding carboxylic acids is 1. The van der Waals surface area contributed by atoms with Crippen LogP contribution in [-0.4, -0.2) is 52.4 Å². The fourth-order valence-electron chi connectivity index (χ4n) is 2.06. The summed E-state index contributed by atoms with van der Waals surface area (Å²) in [5.74, 6) is 0.272. The Labute approximate surface area is 105 Å². The number of aliphatic hydroxyl groups excluding tert-OH is 1. The minimum Gasteiger partial charge on any atom is -0.424 e. The standard InChI is InChI=1S/C11H18N4O3/c1-7-13-14-10(18-7)5-12-11(17)8-6-15(2)4-3-9(8)16/h8-9,16H,3-6H2,1-2H3,(H,12,17)/t8-,9+/m1/s1. The molecule has 7 nitrogen and oxygen atoms in total. The highest BCUT2D eigenvalue weighted by molar-refractivity contribution is 5.79. The van der Waals surface area contributed by atoms with Crippen LogP contribution in [0.4, 0.5) is 0 Å². The highest BCUT2D eigenvalue weighted by Crippen LogP contribution is 2.16. The van der Waals surface area contributed by atoms with Crippen molar-refractivity contribution in [2.24, 2.45) is 5.92 Å². The molecule has 0 saturated carbocycles. The number of nitrogens with zero attached hydrogens (tertiary/aromatic N) is 3. The third-order valence-corrected chi connectivity index (χ3v) is 3.10. The number of hydrogen-bond donors (Lipinski definition) is 2. The zero-order valence-corrected chi connectivity index (χ0v) is 10.6. The van der Waals surface area contributed by atoms with Crippen molar-refractivity contribution in [1.82, 2.24) is 20.4 Å². The van der Waals surface area contributed by atoms with Crippen LogP contribution >= 0.6 is 0 Å². The molecule has 1 saturated heterocycles. The average Bonchev–Trinajstić information content (AvgIpc) is 2.75. The van der Waals surface area contributed by atoms with E-state index in [1.807, 2.05) is 11.9 Å². The molecule has 2 N–H and O–H groups in total. The Kier molecular flexibility index (Phi) is 3.93. The second-order valence-electron chi connectivity index (χ2n) is 4.66. The molecular weight excluding hydrogens is 236 g/mol. The molecule has 2 rings (SSSR count). The molecule has 0 spiro atoms. The molecule has 1 aromatic rings. The molecule has 0 unspecified atom stereocenters. The molecule has 2 atom stereocenters. The zero-order chi connectivity index (χ0) is 13.1. The summed E-state index contributed by atoms with van der Waals surface area (Å²) in [6, 6.07) is 0. The number of hydrogen-bond acceptors (Lipinski definition) is 6. The lowest BCUT2D eigenvalue weighted by Gasteiger charge is -2.32. The predicted molar refractivity (Wildman–Crippen MR) is 62.5 cm³/mol. The SMILES string of the molecule is Cc1nnc(CNC(=O)[C@@H]2CN(C)CC[C@@H]2O)o1. The number of aliphatic hydroxyl groups is 1. The molecule has 2 heterocycles. The second kappa shape index (κ2) is 5.45. The first-order valence-corrected chi connectivity index (χ1v) is 5.99. The maximum absolute atomic E-state index is 11.9. The molecular formula is C11H18N4O3. The topological polar surface area (TPSA) is 91.5 Å². The van der Waals surface area contributed by atoms with E-state index < -0.39 is 12.0 Å². The maximum Gasteiger partial charge on any atom is 0.235 e. The van der Waals surface area contributed by atoms with Crippen molar-refractivity contribution in [3.05, 3.63) is 11.8 Å². The minimum atomic E-state index is -0.578. The van der Waals surface area contributed by atoms with E-state index in [0.29, 0.717) is 24.7 Å². The van der Waals surface area contributed by atoms with E-state index in [9.17, 15) is 9.90 Å². The summed E-state index contributed by atoms with van der Waals surface area (Å²) in [4.78, 5) is 14.0. The van der Waals surface area contributed by atoms with E-state index in [2.05, 4.69) is 15.5 Å². The summed E-state index contributed by atoms with van der Waals surface area (Å²) in [6.45, 7) is 3.27. The predicted octanol–water partition coefficient (Wildman–Crippen LogP) is -0.693. The van der Waals surface area contributed by atoms with Crippen molar-refractivity contribution < 1.29 is 14.3 Å². The number of nitrogens with one attached hydrogen (secondary N) is 1. The van der Waals surface area contributed by atoms with Crippen molar-refractivity contribution in [3.63, 3.8) is 0 Å². The molecule has 1 aliphatic heterocycles. The summed E-state index contributed by atoms with van der Waals surface area (Å²) < 4.78 is 5.16. The van der Waals surface area contributed by atoms with Crippen molar-refractivity contribution in [2.45, 2.75) is 26.0 Å². The molecule has 0 aliphatic carbocycles. The molecule has 0 radical (unpaired) electrons. The molecule has 1 amide bonds. The van der Waals surface area contributed by atoms with Gasteiger partial charge < -0.3 is 19.7 Å². The highest BCUT2D eigenvalue weighted by atomic mass is 16.4. The third-order valence-electron chi connectivity index (χ3n) is 3.10. The lowest BCUT2D eigenvalue weighted by molar-refractivity contribution is -0.131. The van der Waals surface area contributed by atoms with Gasteiger partial charge in [-0.2, -0.15) is 0 Å². The van der Waals surface area contributed by atoms with E-state index in [1.165, 1.54) is 0 Å². The first-order valence-electron chi connectivity index (χ1n) is 5.99. The van der Waals surface area contributed by atoms with Gasteiger partial charge >= 0.3 is 0 Å². The van der Waals surface area contributed by atoms with Crippen LogP contribution in [-0.2, 0) is 11.3 Å². The molecule has 7 heteroatoms. The number of aromatic nitrogens is 2. The smallest absolute Gasteiger partial charge is 0.235 e. The van der Waals surface area contributed by atoms with Crippen molar-refractivity contribution in [3.8, 4) is 0 Å². The lowest BCUT2D eigenvalue weighted by Crippen LogP contribution is -2.48. The fourth-order valence-corrected chi connectivity index (χ4v) is 2.06. The van der Waals surface area contributed by atoms with Crippen molar-refractivity contribution in [2.75, 3.05) is 20.1 Å².